The van der Waals surface area contributed by atoms with Crippen LogP contribution < -0.4 is 16.4 Å². The summed E-state index contributed by atoms with van der Waals surface area (Å²) in [4.78, 5) is 17.5. The van der Waals surface area contributed by atoms with Crippen LogP contribution in [-0.4, -0.2) is 37.7 Å². The number of hydrogen-bond acceptors (Lipinski definition) is 5. The summed E-state index contributed by atoms with van der Waals surface area (Å²) in [5, 5.41) is 0. The van der Waals surface area contributed by atoms with Crippen LogP contribution >= 0.6 is 0 Å². The first-order chi connectivity index (χ1) is 8.95. The van der Waals surface area contributed by atoms with Crippen molar-refractivity contribution < 1.29 is 9.53 Å². The number of nitrogens with two attached hydrogens (primary N) is 2. The van der Waals surface area contributed by atoms with E-state index in [-0.39, 0.29) is 5.69 Å². The highest BCUT2D eigenvalue weighted by Gasteiger charge is 2.15. The zero-order chi connectivity index (χ0) is 14.4. The van der Waals surface area contributed by atoms with Crippen molar-refractivity contribution in [2.45, 2.75) is 13.8 Å². The molecule has 1 aromatic rings. The van der Waals surface area contributed by atoms with Crippen LogP contribution in [0.1, 0.15) is 24.3 Å². The van der Waals surface area contributed by atoms with Crippen LogP contribution in [0.4, 0.5) is 11.5 Å². The van der Waals surface area contributed by atoms with Gasteiger partial charge in [-0.2, -0.15) is 0 Å². The smallest absolute Gasteiger partial charge is 0.267 e. The van der Waals surface area contributed by atoms with Gasteiger partial charge < -0.3 is 21.1 Å². The highest BCUT2D eigenvalue weighted by atomic mass is 16.5. The van der Waals surface area contributed by atoms with Gasteiger partial charge in [0.15, 0.2) is 5.82 Å². The number of nitrogens with zero attached hydrogens (tertiary/aromatic N) is 2. The molecule has 0 saturated heterocycles. The first-order valence-corrected chi connectivity index (χ1v) is 6.26. The lowest BCUT2D eigenvalue weighted by Crippen LogP contribution is -2.33. The molecule has 1 aromatic heterocycles. The van der Waals surface area contributed by atoms with Crippen LogP contribution in [0.15, 0.2) is 12.1 Å². The van der Waals surface area contributed by atoms with Crippen molar-refractivity contribution in [2.24, 2.45) is 11.7 Å². The van der Waals surface area contributed by atoms with Crippen molar-refractivity contribution in [3.05, 3.63) is 17.8 Å². The van der Waals surface area contributed by atoms with Gasteiger partial charge in [0.2, 0.25) is 0 Å². The van der Waals surface area contributed by atoms with Crippen molar-refractivity contribution in [3.8, 4) is 0 Å². The number of hydrogen-bond donors (Lipinski definition) is 2. The average Bonchev–Trinajstić information content (AvgIpc) is 2.34. The SMILES string of the molecule is COCCN(CC(C)C)c1nc(C(N)=O)ccc1N. The molecule has 1 heterocycles. The van der Waals surface area contributed by atoms with Gasteiger partial charge in [0, 0.05) is 20.2 Å². The monoisotopic (exact) mass is 266 g/mol. The Bertz CT molecular complexity index is 435. The van der Waals surface area contributed by atoms with Gasteiger partial charge in [-0.1, -0.05) is 13.8 Å². The number of aromatic nitrogens is 1. The third-order valence-electron chi connectivity index (χ3n) is 2.61. The number of carbonyl (C=O) groups excluding carboxylic acids is 1. The van der Waals surface area contributed by atoms with Crippen molar-refractivity contribution in [1.82, 2.24) is 4.98 Å². The largest absolute Gasteiger partial charge is 0.396 e. The van der Waals surface area contributed by atoms with Gasteiger partial charge >= 0.3 is 0 Å². The molecule has 4 N–H and O–H groups in total. The average molecular weight is 266 g/mol. The summed E-state index contributed by atoms with van der Waals surface area (Å²) < 4.78 is 5.09. The molecular formula is C13H22N4O2. The van der Waals surface area contributed by atoms with Crippen LogP contribution in [0, 0.1) is 5.92 Å². The number of primary amides is 1. The Morgan fingerprint density at radius 2 is 2.16 bits per heavy atom. The Labute approximate surface area is 113 Å². The van der Waals surface area contributed by atoms with Gasteiger partial charge in [0.05, 0.1) is 12.3 Å². The minimum atomic E-state index is -0.558. The maximum absolute atomic E-state index is 11.2. The van der Waals surface area contributed by atoms with Crippen LogP contribution in [0.25, 0.3) is 0 Å². The summed E-state index contributed by atoms with van der Waals surface area (Å²) in [7, 11) is 1.64. The van der Waals surface area contributed by atoms with Crippen molar-refractivity contribution in [3.63, 3.8) is 0 Å². The minimum absolute atomic E-state index is 0.218. The van der Waals surface area contributed by atoms with Crippen LogP contribution in [0.5, 0.6) is 0 Å². The molecule has 0 atom stereocenters. The summed E-state index contributed by atoms with van der Waals surface area (Å²) in [5.74, 6) is 0.467. The third-order valence-corrected chi connectivity index (χ3v) is 2.61. The Kier molecular flexibility index (Phi) is 5.57. The number of methoxy groups -OCH3 is 1. The molecule has 0 unspecified atom stereocenters. The number of anilines is 2. The number of amides is 1. The van der Waals surface area contributed by atoms with E-state index in [4.69, 9.17) is 16.2 Å². The molecule has 1 amide bonds. The predicted molar refractivity (Wildman–Crippen MR) is 76.1 cm³/mol. The molecule has 0 fully saturated rings. The maximum Gasteiger partial charge on any atom is 0.267 e. The first kappa shape index (κ1) is 15.2. The molecule has 0 saturated carbocycles. The fraction of sp³-hybridized carbons (Fsp3) is 0.538. The molecule has 0 aromatic carbocycles. The van der Waals surface area contributed by atoms with Gasteiger partial charge in [-0.15, -0.1) is 0 Å². The second-order valence-electron chi connectivity index (χ2n) is 4.81. The number of ether oxygens (including phenoxy) is 1. The quantitative estimate of drug-likeness (QED) is 0.763. The molecule has 6 heteroatoms. The summed E-state index contributed by atoms with van der Waals surface area (Å²) in [6.45, 7) is 6.22. The van der Waals surface area contributed by atoms with Crippen molar-refractivity contribution in [2.75, 3.05) is 37.4 Å². The van der Waals surface area contributed by atoms with E-state index in [0.29, 0.717) is 30.6 Å². The fourth-order valence-electron chi connectivity index (χ4n) is 1.78. The summed E-state index contributed by atoms with van der Waals surface area (Å²) in [5.41, 5.74) is 11.9. The van der Waals surface area contributed by atoms with Gasteiger partial charge in [-0.05, 0) is 18.1 Å². The van der Waals surface area contributed by atoms with Crippen LogP contribution in [-0.2, 0) is 4.74 Å². The molecule has 19 heavy (non-hydrogen) atoms. The molecule has 0 radical (unpaired) electrons. The molecule has 0 bridgehead atoms. The number of pyridine rings is 1. The Balaban J connectivity index is 3.04. The Hall–Kier alpha value is -1.82. The normalized spacial score (nSPS) is 10.7. The topological polar surface area (TPSA) is 94.5 Å². The second kappa shape index (κ2) is 6.94. The molecule has 6 nitrogen and oxygen atoms in total. The van der Waals surface area contributed by atoms with E-state index in [2.05, 4.69) is 18.8 Å². The van der Waals surface area contributed by atoms with E-state index in [1.54, 1.807) is 13.2 Å². The second-order valence-corrected chi connectivity index (χ2v) is 4.81. The van der Waals surface area contributed by atoms with E-state index in [1.807, 2.05) is 4.90 Å². The number of rotatable bonds is 7. The highest BCUT2D eigenvalue weighted by molar-refractivity contribution is 5.91. The minimum Gasteiger partial charge on any atom is -0.396 e. The summed E-state index contributed by atoms with van der Waals surface area (Å²) in [6, 6.07) is 3.19. The van der Waals surface area contributed by atoms with Gasteiger partial charge in [0.25, 0.3) is 5.91 Å². The summed E-state index contributed by atoms with van der Waals surface area (Å²) in [6.07, 6.45) is 0. The van der Waals surface area contributed by atoms with E-state index >= 15 is 0 Å². The van der Waals surface area contributed by atoms with Gasteiger partial charge in [0.1, 0.15) is 5.69 Å². The van der Waals surface area contributed by atoms with Gasteiger partial charge in [-0.3, -0.25) is 4.79 Å². The number of carbonyl (C=O) groups is 1. The van der Waals surface area contributed by atoms with E-state index < -0.39 is 5.91 Å². The molecule has 1 rings (SSSR count). The van der Waals surface area contributed by atoms with Gasteiger partial charge in [-0.25, -0.2) is 4.98 Å². The zero-order valence-electron chi connectivity index (χ0n) is 11.7. The predicted octanol–water partition coefficient (Wildman–Crippen LogP) is 0.872. The highest BCUT2D eigenvalue weighted by Crippen LogP contribution is 2.21. The van der Waals surface area contributed by atoms with Crippen LogP contribution in [0.2, 0.25) is 0 Å². The van der Waals surface area contributed by atoms with Crippen molar-refractivity contribution in [1.29, 1.82) is 0 Å². The first-order valence-electron chi connectivity index (χ1n) is 6.26. The lowest BCUT2D eigenvalue weighted by Gasteiger charge is -2.26. The van der Waals surface area contributed by atoms with E-state index in [0.717, 1.165) is 6.54 Å². The zero-order valence-corrected chi connectivity index (χ0v) is 11.7. The maximum atomic E-state index is 11.2. The summed E-state index contributed by atoms with van der Waals surface area (Å²) >= 11 is 0. The standard InChI is InChI=1S/C13H22N4O2/c1-9(2)8-17(6-7-19-3)13-10(14)4-5-11(16-13)12(15)18/h4-5,9H,6-8,14H2,1-3H3,(H2,15,18). The molecule has 0 spiro atoms. The number of nitrogen functional groups attached to an aromatic ring is 1. The fourth-order valence-corrected chi connectivity index (χ4v) is 1.78. The van der Waals surface area contributed by atoms with Crippen LogP contribution in [0.3, 0.4) is 0 Å². The molecule has 0 aliphatic carbocycles. The van der Waals surface area contributed by atoms with E-state index in [9.17, 15) is 4.79 Å². The van der Waals surface area contributed by atoms with Crippen molar-refractivity contribution >= 4 is 17.4 Å². The Morgan fingerprint density at radius 1 is 1.47 bits per heavy atom. The molecular weight excluding hydrogens is 244 g/mol. The molecule has 0 aliphatic rings. The third kappa shape index (κ3) is 4.40. The lowest BCUT2D eigenvalue weighted by atomic mass is 10.2. The molecule has 0 aliphatic heterocycles. The Morgan fingerprint density at radius 3 is 2.68 bits per heavy atom. The lowest BCUT2D eigenvalue weighted by molar-refractivity contribution is 0.0995. The van der Waals surface area contributed by atoms with E-state index in [1.165, 1.54) is 6.07 Å². The molecule has 106 valence electrons.